The van der Waals surface area contributed by atoms with Crippen LogP contribution in [0.25, 0.3) is 0 Å². The second kappa shape index (κ2) is 8.28. The zero-order chi connectivity index (χ0) is 20.1. The van der Waals surface area contributed by atoms with Gasteiger partial charge in [0.05, 0.1) is 21.1 Å². The molecule has 3 aromatic rings. The third-order valence-corrected chi connectivity index (χ3v) is 4.06. The van der Waals surface area contributed by atoms with E-state index in [1.165, 1.54) is 18.3 Å². The number of pyridine rings is 1. The SMILES string of the molecule is O=C(Nc1ccc(NC(=O)c2cc([N+](=O)[O-])ccc2Cl)cc1)c1cccnc1. The lowest BCUT2D eigenvalue weighted by Crippen LogP contribution is -2.14. The van der Waals surface area contributed by atoms with E-state index in [0.717, 1.165) is 6.07 Å². The van der Waals surface area contributed by atoms with Crippen molar-refractivity contribution in [2.45, 2.75) is 0 Å². The Hall–Kier alpha value is -3.78. The Morgan fingerprint density at radius 1 is 0.964 bits per heavy atom. The minimum absolute atomic E-state index is 0.00942. The highest BCUT2D eigenvalue weighted by Gasteiger charge is 2.16. The number of hydrogen-bond acceptors (Lipinski definition) is 5. The van der Waals surface area contributed by atoms with Gasteiger partial charge in [0.1, 0.15) is 0 Å². The molecule has 0 unspecified atom stereocenters. The summed E-state index contributed by atoms with van der Waals surface area (Å²) >= 11 is 5.97. The lowest BCUT2D eigenvalue weighted by Gasteiger charge is -2.09. The highest BCUT2D eigenvalue weighted by Crippen LogP contribution is 2.23. The van der Waals surface area contributed by atoms with Crippen LogP contribution in [0.3, 0.4) is 0 Å². The number of nitro benzene ring substituents is 1. The molecule has 2 aromatic carbocycles. The number of carbonyl (C=O) groups excluding carboxylic acids is 2. The first kappa shape index (κ1) is 19.0. The summed E-state index contributed by atoms with van der Waals surface area (Å²) in [6, 6.07) is 13.3. The number of carbonyl (C=O) groups is 2. The third kappa shape index (κ3) is 4.49. The van der Waals surface area contributed by atoms with Crippen molar-refractivity contribution in [2.24, 2.45) is 0 Å². The van der Waals surface area contributed by atoms with Gasteiger partial charge in [-0.25, -0.2) is 0 Å². The first-order valence-corrected chi connectivity index (χ1v) is 8.38. The van der Waals surface area contributed by atoms with E-state index in [1.807, 2.05) is 0 Å². The molecule has 140 valence electrons. The fourth-order valence-corrected chi connectivity index (χ4v) is 2.54. The number of nitro groups is 1. The predicted molar refractivity (Wildman–Crippen MR) is 105 cm³/mol. The molecule has 0 saturated carbocycles. The highest BCUT2D eigenvalue weighted by molar-refractivity contribution is 6.34. The van der Waals surface area contributed by atoms with Crippen LogP contribution in [0.2, 0.25) is 5.02 Å². The number of non-ortho nitro benzene ring substituents is 1. The molecule has 0 aliphatic heterocycles. The fourth-order valence-electron chi connectivity index (χ4n) is 2.34. The van der Waals surface area contributed by atoms with Gasteiger partial charge < -0.3 is 10.6 Å². The number of anilines is 2. The van der Waals surface area contributed by atoms with Gasteiger partial charge in [-0.15, -0.1) is 0 Å². The Labute approximate surface area is 164 Å². The maximum absolute atomic E-state index is 12.4. The molecular formula is C19H13ClN4O4. The summed E-state index contributed by atoms with van der Waals surface area (Å²) in [5.74, 6) is -0.894. The Morgan fingerprint density at radius 3 is 2.18 bits per heavy atom. The number of hydrogen-bond donors (Lipinski definition) is 2. The van der Waals surface area contributed by atoms with Crippen LogP contribution >= 0.6 is 11.6 Å². The summed E-state index contributed by atoms with van der Waals surface area (Å²) in [7, 11) is 0. The van der Waals surface area contributed by atoms with Crippen LogP contribution in [-0.4, -0.2) is 21.7 Å². The molecule has 9 heteroatoms. The normalized spacial score (nSPS) is 10.2. The van der Waals surface area contributed by atoms with Crippen LogP contribution in [0.5, 0.6) is 0 Å². The van der Waals surface area contributed by atoms with E-state index in [0.29, 0.717) is 16.9 Å². The van der Waals surface area contributed by atoms with Crippen molar-refractivity contribution in [1.29, 1.82) is 0 Å². The molecule has 8 nitrogen and oxygen atoms in total. The summed E-state index contributed by atoms with van der Waals surface area (Å²) < 4.78 is 0. The van der Waals surface area contributed by atoms with Crippen molar-refractivity contribution in [3.05, 3.63) is 93.3 Å². The quantitative estimate of drug-likeness (QED) is 0.496. The van der Waals surface area contributed by atoms with Crippen LogP contribution in [0.15, 0.2) is 67.0 Å². The molecule has 1 heterocycles. The molecule has 0 aliphatic carbocycles. The second-order valence-electron chi connectivity index (χ2n) is 5.65. The Kier molecular flexibility index (Phi) is 5.61. The summed E-state index contributed by atoms with van der Waals surface area (Å²) in [6.45, 7) is 0. The number of nitrogens with one attached hydrogen (secondary N) is 2. The van der Waals surface area contributed by atoms with Gasteiger partial charge in [0, 0.05) is 35.9 Å². The molecule has 2 amide bonds. The van der Waals surface area contributed by atoms with E-state index in [4.69, 9.17) is 11.6 Å². The Morgan fingerprint density at radius 2 is 1.61 bits per heavy atom. The standard InChI is InChI=1S/C19H13ClN4O4/c20-17-8-7-15(24(27)28)10-16(17)19(26)23-14-5-3-13(4-6-14)22-18(25)12-2-1-9-21-11-12/h1-11H,(H,22,25)(H,23,26). The molecular weight excluding hydrogens is 384 g/mol. The highest BCUT2D eigenvalue weighted by atomic mass is 35.5. The van der Waals surface area contributed by atoms with E-state index in [-0.39, 0.29) is 22.2 Å². The van der Waals surface area contributed by atoms with Gasteiger partial charge in [-0.1, -0.05) is 11.6 Å². The van der Waals surface area contributed by atoms with E-state index in [1.54, 1.807) is 42.6 Å². The van der Waals surface area contributed by atoms with Gasteiger partial charge in [-0.05, 0) is 42.5 Å². The van der Waals surface area contributed by atoms with Crippen molar-refractivity contribution >= 4 is 40.5 Å². The topological polar surface area (TPSA) is 114 Å². The van der Waals surface area contributed by atoms with Crippen molar-refractivity contribution < 1.29 is 14.5 Å². The zero-order valence-electron chi connectivity index (χ0n) is 14.3. The average molecular weight is 397 g/mol. The molecule has 0 atom stereocenters. The Balaban J connectivity index is 1.69. The number of amides is 2. The van der Waals surface area contributed by atoms with Gasteiger partial charge in [-0.3, -0.25) is 24.7 Å². The summed E-state index contributed by atoms with van der Waals surface area (Å²) in [5, 5.41) is 16.3. The number of rotatable bonds is 5. The number of benzene rings is 2. The van der Waals surface area contributed by atoms with Crippen molar-refractivity contribution in [2.75, 3.05) is 10.6 Å². The van der Waals surface area contributed by atoms with Crippen LogP contribution < -0.4 is 10.6 Å². The van der Waals surface area contributed by atoms with E-state index < -0.39 is 10.8 Å². The lowest BCUT2D eigenvalue weighted by atomic mass is 10.1. The summed E-state index contributed by atoms with van der Waals surface area (Å²) in [4.78, 5) is 38.6. The van der Waals surface area contributed by atoms with E-state index in [9.17, 15) is 19.7 Å². The predicted octanol–water partition coefficient (Wildman–Crippen LogP) is 4.15. The summed E-state index contributed by atoms with van der Waals surface area (Å²) in [6.07, 6.45) is 3.02. The summed E-state index contributed by atoms with van der Waals surface area (Å²) in [5.41, 5.74) is 1.14. The maximum Gasteiger partial charge on any atom is 0.270 e. The Bertz CT molecular complexity index is 1040. The van der Waals surface area contributed by atoms with Crippen LogP contribution in [-0.2, 0) is 0 Å². The number of aromatic nitrogens is 1. The van der Waals surface area contributed by atoms with Crippen molar-refractivity contribution in [1.82, 2.24) is 4.98 Å². The van der Waals surface area contributed by atoms with Gasteiger partial charge in [0.2, 0.25) is 0 Å². The molecule has 0 saturated heterocycles. The molecule has 0 radical (unpaired) electrons. The minimum atomic E-state index is -0.604. The van der Waals surface area contributed by atoms with E-state index >= 15 is 0 Å². The third-order valence-electron chi connectivity index (χ3n) is 3.73. The monoisotopic (exact) mass is 396 g/mol. The minimum Gasteiger partial charge on any atom is -0.322 e. The second-order valence-corrected chi connectivity index (χ2v) is 6.06. The number of halogens is 1. The molecule has 3 rings (SSSR count). The average Bonchev–Trinajstić information content (AvgIpc) is 2.70. The van der Waals surface area contributed by atoms with Gasteiger partial charge in [-0.2, -0.15) is 0 Å². The maximum atomic E-state index is 12.4. The van der Waals surface area contributed by atoms with Crippen molar-refractivity contribution in [3.63, 3.8) is 0 Å². The van der Waals surface area contributed by atoms with Crippen LogP contribution in [0.1, 0.15) is 20.7 Å². The molecule has 0 aliphatic rings. The fraction of sp³-hybridized carbons (Fsp3) is 0. The smallest absolute Gasteiger partial charge is 0.270 e. The van der Waals surface area contributed by atoms with Gasteiger partial charge in [0.15, 0.2) is 0 Å². The lowest BCUT2D eigenvalue weighted by molar-refractivity contribution is -0.384. The molecule has 0 bridgehead atoms. The van der Waals surface area contributed by atoms with Gasteiger partial charge >= 0.3 is 0 Å². The molecule has 28 heavy (non-hydrogen) atoms. The molecule has 1 aromatic heterocycles. The van der Waals surface area contributed by atoms with Gasteiger partial charge in [0.25, 0.3) is 17.5 Å². The first-order valence-electron chi connectivity index (χ1n) is 8.01. The number of nitrogens with zero attached hydrogens (tertiary/aromatic N) is 2. The zero-order valence-corrected chi connectivity index (χ0v) is 15.0. The first-order chi connectivity index (χ1) is 13.4. The molecule has 0 fully saturated rings. The van der Waals surface area contributed by atoms with Crippen LogP contribution in [0.4, 0.5) is 17.1 Å². The van der Waals surface area contributed by atoms with Crippen molar-refractivity contribution in [3.8, 4) is 0 Å². The molecule has 2 N–H and O–H groups in total. The van der Waals surface area contributed by atoms with Crippen LogP contribution in [0, 0.1) is 10.1 Å². The largest absolute Gasteiger partial charge is 0.322 e. The molecule has 0 spiro atoms. The van der Waals surface area contributed by atoms with E-state index in [2.05, 4.69) is 15.6 Å².